The van der Waals surface area contributed by atoms with Gasteiger partial charge in [0, 0.05) is 24.2 Å². The van der Waals surface area contributed by atoms with Crippen molar-refractivity contribution in [1.29, 1.82) is 0 Å². The fourth-order valence-corrected chi connectivity index (χ4v) is 2.34. The summed E-state index contributed by atoms with van der Waals surface area (Å²) in [7, 11) is 1.72. The Kier molecular flexibility index (Phi) is 3.38. The summed E-state index contributed by atoms with van der Waals surface area (Å²) >= 11 is 0. The molecule has 0 saturated carbocycles. The molecule has 3 heteroatoms. The average Bonchev–Trinajstić information content (AvgIpc) is 2.66. The summed E-state index contributed by atoms with van der Waals surface area (Å²) in [5.41, 5.74) is 9.40. The second-order valence-electron chi connectivity index (χ2n) is 4.32. The largest absolute Gasteiger partial charge is 0.496 e. The predicted octanol–water partition coefficient (Wildman–Crippen LogP) is 2.48. The average molecular weight is 232 g/mol. The lowest BCUT2D eigenvalue weighted by Crippen LogP contribution is -2.02. The molecule has 2 rings (SSSR count). The minimum atomic E-state index is 0.688. The number of methoxy groups -OCH3 is 1. The molecule has 0 unspecified atom stereocenters. The molecule has 1 aromatic heterocycles. The second kappa shape index (κ2) is 4.80. The van der Waals surface area contributed by atoms with Gasteiger partial charge in [-0.2, -0.15) is 0 Å². The molecule has 0 radical (unpaired) electrons. The maximum Gasteiger partial charge on any atom is 0.123 e. The van der Waals surface area contributed by atoms with Crippen molar-refractivity contribution >= 4 is 10.9 Å². The molecule has 3 nitrogen and oxygen atoms in total. The number of hydrogen-bond acceptors (Lipinski definition) is 2. The van der Waals surface area contributed by atoms with Gasteiger partial charge in [0.05, 0.1) is 12.6 Å². The van der Waals surface area contributed by atoms with E-state index in [2.05, 4.69) is 36.7 Å². The number of aromatic nitrogens is 1. The molecule has 1 heterocycles. The first-order valence-corrected chi connectivity index (χ1v) is 6.07. The van der Waals surface area contributed by atoms with E-state index in [1.807, 2.05) is 0 Å². The standard InChI is InChI=1S/C14H20N2O/c1-4-16-9-11(5-6-15)12-7-10(2)14(17-3)8-13(12)16/h7-9H,4-6,15H2,1-3H3. The van der Waals surface area contributed by atoms with Gasteiger partial charge in [-0.05, 0) is 44.0 Å². The van der Waals surface area contributed by atoms with Crippen LogP contribution >= 0.6 is 0 Å². The van der Waals surface area contributed by atoms with Gasteiger partial charge < -0.3 is 15.0 Å². The van der Waals surface area contributed by atoms with Gasteiger partial charge in [-0.3, -0.25) is 0 Å². The van der Waals surface area contributed by atoms with Gasteiger partial charge >= 0.3 is 0 Å². The van der Waals surface area contributed by atoms with E-state index in [4.69, 9.17) is 10.5 Å². The summed E-state index contributed by atoms with van der Waals surface area (Å²) in [6.07, 6.45) is 3.13. The molecule has 0 saturated heterocycles. The molecular formula is C14H20N2O. The third kappa shape index (κ3) is 2.03. The highest BCUT2D eigenvalue weighted by Crippen LogP contribution is 2.29. The Hall–Kier alpha value is -1.48. The monoisotopic (exact) mass is 232 g/mol. The molecule has 0 fully saturated rings. The van der Waals surface area contributed by atoms with Crippen LogP contribution in [0.2, 0.25) is 0 Å². The third-order valence-corrected chi connectivity index (χ3v) is 3.23. The van der Waals surface area contributed by atoms with Crippen LogP contribution in [0.4, 0.5) is 0 Å². The Bertz CT molecular complexity index is 528. The van der Waals surface area contributed by atoms with Crippen LogP contribution in [0.15, 0.2) is 18.3 Å². The zero-order chi connectivity index (χ0) is 12.4. The van der Waals surface area contributed by atoms with Gasteiger partial charge in [0.1, 0.15) is 5.75 Å². The van der Waals surface area contributed by atoms with Crippen LogP contribution in [0.5, 0.6) is 5.75 Å². The van der Waals surface area contributed by atoms with E-state index in [1.165, 1.54) is 22.0 Å². The number of nitrogens with two attached hydrogens (primary N) is 1. The summed E-state index contributed by atoms with van der Waals surface area (Å²) in [5, 5.41) is 1.30. The highest BCUT2D eigenvalue weighted by Gasteiger charge is 2.10. The summed E-state index contributed by atoms with van der Waals surface area (Å²) in [6, 6.07) is 4.32. The van der Waals surface area contributed by atoms with Crippen molar-refractivity contribution < 1.29 is 4.74 Å². The smallest absolute Gasteiger partial charge is 0.123 e. The topological polar surface area (TPSA) is 40.2 Å². The molecule has 92 valence electrons. The molecule has 17 heavy (non-hydrogen) atoms. The summed E-state index contributed by atoms with van der Waals surface area (Å²) in [5.74, 6) is 0.949. The fourth-order valence-electron chi connectivity index (χ4n) is 2.34. The van der Waals surface area contributed by atoms with E-state index >= 15 is 0 Å². The van der Waals surface area contributed by atoms with Crippen molar-refractivity contribution in [2.45, 2.75) is 26.8 Å². The summed E-state index contributed by atoms with van der Waals surface area (Å²) in [4.78, 5) is 0. The van der Waals surface area contributed by atoms with Crippen LogP contribution in [0.25, 0.3) is 10.9 Å². The summed E-state index contributed by atoms with van der Waals surface area (Å²) in [6.45, 7) is 5.88. The van der Waals surface area contributed by atoms with E-state index in [9.17, 15) is 0 Å². The van der Waals surface area contributed by atoms with Crippen molar-refractivity contribution in [2.24, 2.45) is 5.73 Å². The molecule has 0 aliphatic heterocycles. The first kappa shape index (κ1) is 12.0. The molecule has 0 aliphatic carbocycles. The highest BCUT2D eigenvalue weighted by molar-refractivity contribution is 5.86. The molecule has 0 aliphatic rings. The van der Waals surface area contributed by atoms with Crippen LogP contribution in [0.1, 0.15) is 18.1 Å². The number of fused-ring (bicyclic) bond motifs is 1. The van der Waals surface area contributed by atoms with Crippen LogP contribution in [0.3, 0.4) is 0 Å². The molecule has 0 amide bonds. The lowest BCUT2D eigenvalue weighted by atomic mass is 10.1. The van der Waals surface area contributed by atoms with Crippen molar-refractivity contribution in [3.05, 3.63) is 29.5 Å². The van der Waals surface area contributed by atoms with E-state index in [0.717, 1.165) is 18.7 Å². The Balaban J connectivity index is 2.67. The van der Waals surface area contributed by atoms with Gasteiger partial charge in [0.25, 0.3) is 0 Å². The predicted molar refractivity (Wildman–Crippen MR) is 71.7 cm³/mol. The molecule has 0 spiro atoms. The van der Waals surface area contributed by atoms with Crippen LogP contribution in [-0.2, 0) is 13.0 Å². The highest BCUT2D eigenvalue weighted by atomic mass is 16.5. The molecule has 2 aromatic rings. The molecule has 1 aromatic carbocycles. The first-order chi connectivity index (χ1) is 8.21. The Morgan fingerprint density at radius 1 is 1.35 bits per heavy atom. The van der Waals surface area contributed by atoms with Crippen molar-refractivity contribution in [3.63, 3.8) is 0 Å². The molecule has 0 bridgehead atoms. The number of nitrogens with zero attached hydrogens (tertiary/aromatic N) is 1. The van der Waals surface area contributed by atoms with Gasteiger partial charge in [0.15, 0.2) is 0 Å². The van der Waals surface area contributed by atoms with Crippen molar-refractivity contribution in [3.8, 4) is 5.75 Å². The number of benzene rings is 1. The fraction of sp³-hybridized carbons (Fsp3) is 0.429. The van der Waals surface area contributed by atoms with Crippen molar-refractivity contribution in [2.75, 3.05) is 13.7 Å². The van der Waals surface area contributed by atoms with E-state index in [1.54, 1.807) is 7.11 Å². The molecular weight excluding hydrogens is 212 g/mol. The third-order valence-electron chi connectivity index (χ3n) is 3.23. The first-order valence-electron chi connectivity index (χ1n) is 6.07. The lowest BCUT2D eigenvalue weighted by Gasteiger charge is -2.07. The van der Waals surface area contributed by atoms with Crippen LogP contribution in [0, 0.1) is 6.92 Å². The van der Waals surface area contributed by atoms with E-state index in [0.29, 0.717) is 6.54 Å². The SMILES string of the molecule is CCn1cc(CCN)c2cc(C)c(OC)cc21. The van der Waals surface area contributed by atoms with Gasteiger partial charge in [-0.1, -0.05) is 0 Å². The minimum Gasteiger partial charge on any atom is -0.496 e. The van der Waals surface area contributed by atoms with Gasteiger partial charge in [-0.15, -0.1) is 0 Å². The van der Waals surface area contributed by atoms with Crippen LogP contribution < -0.4 is 10.5 Å². The molecule has 2 N–H and O–H groups in total. The number of rotatable bonds is 4. The van der Waals surface area contributed by atoms with Gasteiger partial charge in [0.2, 0.25) is 0 Å². The zero-order valence-corrected chi connectivity index (χ0v) is 10.8. The molecule has 0 atom stereocenters. The quantitative estimate of drug-likeness (QED) is 0.879. The van der Waals surface area contributed by atoms with E-state index < -0.39 is 0 Å². The Labute approximate surface area is 102 Å². The summed E-state index contributed by atoms with van der Waals surface area (Å²) < 4.78 is 7.64. The Morgan fingerprint density at radius 3 is 2.71 bits per heavy atom. The minimum absolute atomic E-state index is 0.688. The van der Waals surface area contributed by atoms with Gasteiger partial charge in [-0.25, -0.2) is 0 Å². The number of aryl methyl sites for hydroxylation is 2. The van der Waals surface area contributed by atoms with E-state index in [-0.39, 0.29) is 0 Å². The lowest BCUT2D eigenvalue weighted by molar-refractivity contribution is 0.412. The Morgan fingerprint density at radius 2 is 2.12 bits per heavy atom. The zero-order valence-electron chi connectivity index (χ0n) is 10.8. The second-order valence-corrected chi connectivity index (χ2v) is 4.32. The number of hydrogen-bond donors (Lipinski definition) is 1. The maximum atomic E-state index is 5.66. The number of ether oxygens (including phenoxy) is 1. The maximum absolute atomic E-state index is 5.66. The van der Waals surface area contributed by atoms with Crippen LogP contribution in [-0.4, -0.2) is 18.2 Å². The van der Waals surface area contributed by atoms with Crippen molar-refractivity contribution in [1.82, 2.24) is 4.57 Å². The normalized spacial score (nSPS) is 11.1.